The van der Waals surface area contributed by atoms with Crippen molar-refractivity contribution >= 4 is 5.82 Å². The number of aryl methyl sites for hydroxylation is 1. The highest BCUT2D eigenvalue weighted by atomic mass is 16.5. The lowest BCUT2D eigenvalue weighted by molar-refractivity contribution is 0.292. The number of nitrogens with two attached hydrogens (primary N) is 1. The topological polar surface area (TPSA) is 70.3 Å². The summed E-state index contributed by atoms with van der Waals surface area (Å²) >= 11 is 0. The predicted molar refractivity (Wildman–Crippen MR) is 68.5 cm³/mol. The fourth-order valence-corrected chi connectivity index (χ4v) is 1.56. The Hall–Kier alpha value is -2.30. The molecule has 0 atom stereocenters. The third-order valence-electron chi connectivity index (χ3n) is 2.36. The van der Waals surface area contributed by atoms with E-state index in [-0.39, 0.29) is 0 Å². The number of methoxy groups -OCH3 is 1. The van der Waals surface area contributed by atoms with E-state index in [1.807, 2.05) is 24.3 Å². The fourth-order valence-electron chi connectivity index (χ4n) is 1.56. The van der Waals surface area contributed by atoms with Crippen molar-refractivity contribution in [3.63, 3.8) is 0 Å². The van der Waals surface area contributed by atoms with Crippen LogP contribution in [0.15, 0.2) is 30.3 Å². The molecule has 0 saturated carbocycles. The maximum Gasteiger partial charge on any atom is 0.219 e. The van der Waals surface area contributed by atoms with E-state index in [0.29, 0.717) is 24.1 Å². The van der Waals surface area contributed by atoms with Crippen LogP contribution in [0, 0.1) is 6.92 Å². The summed E-state index contributed by atoms with van der Waals surface area (Å²) in [5.41, 5.74) is 6.63. The van der Waals surface area contributed by atoms with E-state index in [1.165, 1.54) is 0 Å². The Morgan fingerprint density at radius 1 is 1.22 bits per heavy atom. The number of hydrogen-bond acceptors (Lipinski definition) is 5. The molecule has 0 spiro atoms. The van der Waals surface area contributed by atoms with E-state index in [9.17, 15) is 0 Å². The number of aromatic nitrogens is 2. The van der Waals surface area contributed by atoms with Gasteiger partial charge in [-0.05, 0) is 24.6 Å². The molecule has 0 aliphatic heterocycles. The normalized spacial score (nSPS) is 10.1. The van der Waals surface area contributed by atoms with E-state index in [0.717, 1.165) is 11.3 Å². The minimum Gasteiger partial charge on any atom is -0.497 e. The van der Waals surface area contributed by atoms with Crippen LogP contribution in [0.5, 0.6) is 11.6 Å². The Bertz CT molecular complexity index is 523. The summed E-state index contributed by atoms with van der Waals surface area (Å²) in [5.74, 6) is 2.27. The van der Waals surface area contributed by atoms with Crippen molar-refractivity contribution < 1.29 is 9.47 Å². The SMILES string of the molecule is COc1cccc(COc2cc(N)nc(C)n2)c1. The molecule has 0 saturated heterocycles. The third-order valence-corrected chi connectivity index (χ3v) is 2.36. The molecule has 5 nitrogen and oxygen atoms in total. The van der Waals surface area contributed by atoms with Gasteiger partial charge in [0.2, 0.25) is 5.88 Å². The molecule has 1 aromatic carbocycles. The van der Waals surface area contributed by atoms with Gasteiger partial charge in [-0.25, -0.2) is 4.98 Å². The van der Waals surface area contributed by atoms with Crippen LogP contribution in [-0.2, 0) is 6.61 Å². The summed E-state index contributed by atoms with van der Waals surface area (Å²) in [5, 5.41) is 0. The number of hydrogen-bond donors (Lipinski definition) is 1. The first-order valence-corrected chi connectivity index (χ1v) is 5.54. The molecule has 5 heteroatoms. The van der Waals surface area contributed by atoms with E-state index in [1.54, 1.807) is 20.1 Å². The molecular formula is C13H15N3O2. The summed E-state index contributed by atoms with van der Waals surface area (Å²) < 4.78 is 10.7. The van der Waals surface area contributed by atoms with Gasteiger partial charge in [0.25, 0.3) is 0 Å². The second kappa shape index (κ2) is 5.35. The van der Waals surface area contributed by atoms with Crippen molar-refractivity contribution in [1.82, 2.24) is 9.97 Å². The van der Waals surface area contributed by atoms with Crippen LogP contribution in [0.1, 0.15) is 11.4 Å². The third kappa shape index (κ3) is 3.10. The number of nitrogen functional groups attached to an aromatic ring is 1. The van der Waals surface area contributed by atoms with Crippen molar-refractivity contribution in [1.29, 1.82) is 0 Å². The highest BCUT2D eigenvalue weighted by molar-refractivity contribution is 5.33. The number of nitrogens with zero attached hydrogens (tertiary/aromatic N) is 2. The van der Waals surface area contributed by atoms with Gasteiger partial charge in [-0.1, -0.05) is 12.1 Å². The average Bonchev–Trinajstić information content (AvgIpc) is 2.35. The zero-order chi connectivity index (χ0) is 13.0. The monoisotopic (exact) mass is 245 g/mol. The van der Waals surface area contributed by atoms with Crippen molar-refractivity contribution in [2.45, 2.75) is 13.5 Å². The Kier molecular flexibility index (Phi) is 3.62. The van der Waals surface area contributed by atoms with Crippen LogP contribution >= 0.6 is 0 Å². The van der Waals surface area contributed by atoms with Gasteiger partial charge >= 0.3 is 0 Å². The second-order valence-corrected chi connectivity index (χ2v) is 3.82. The van der Waals surface area contributed by atoms with Crippen LogP contribution in [-0.4, -0.2) is 17.1 Å². The van der Waals surface area contributed by atoms with Crippen molar-refractivity contribution in [3.05, 3.63) is 41.7 Å². The molecular weight excluding hydrogens is 230 g/mol. The zero-order valence-corrected chi connectivity index (χ0v) is 10.4. The van der Waals surface area contributed by atoms with Gasteiger partial charge in [0.1, 0.15) is 24.0 Å². The summed E-state index contributed by atoms with van der Waals surface area (Å²) in [7, 11) is 1.63. The average molecular weight is 245 g/mol. The molecule has 2 rings (SSSR count). The van der Waals surface area contributed by atoms with Crippen LogP contribution in [0.2, 0.25) is 0 Å². The highest BCUT2D eigenvalue weighted by Gasteiger charge is 2.02. The Morgan fingerprint density at radius 2 is 2.06 bits per heavy atom. The predicted octanol–water partition coefficient (Wildman–Crippen LogP) is 1.95. The molecule has 0 amide bonds. The maximum atomic E-state index is 5.62. The molecule has 1 aromatic heterocycles. The van der Waals surface area contributed by atoms with Crippen LogP contribution in [0.3, 0.4) is 0 Å². The molecule has 94 valence electrons. The van der Waals surface area contributed by atoms with Gasteiger partial charge in [-0.15, -0.1) is 0 Å². The van der Waals surface area contributed by atoms with Gasteiger partial charge in [-0.3, -0.25) is 0 Å². The summed E-state index contributed by atoms with van der Waals surface area (Å²) in [6.45, 7) is 2.18. The fraction of sp³-hybridized carbons (Fsp3) is 0.231. The van der Waals surface area contributed by atoms with Gasteiger partial charge in [0.05, 0.1) is 7.11 Å². The Morgan fingerprint density at radius 3 is 2.78 bits per heavy atom. The summed E-state index contributed by atoms with van der Waals surface area (Å²) in [6.07, 6.45) is 0. The number of ether oxygens (including phenoxy) is 2. The minimum absolute atomic E-state index is 0.406. The lowest BCUT2D eigenvalue weighted by atomic mass is 10.2. The van der Waals surface area contributed by atoms with Crippen molar-refractivity contribution in [2.75, 3.05) is 12.8 Å². The number of rotatable bonds is 4. The van der Waals surface area contributed by atoms with Crippen LogP contribution in [0.4, 0.5) is 5.82 Å². The first-order valence-electron chi connectivity index (χ1n) is 5.54. The highest BCUT2D eigenvalue weighted by Crippen LogP contribution is 2.16. The molecule has 1 heterocycles. The van der Waals surface area contributed by atoms with E-state index >= 15 is 0 Å². The van der Waals surface area contributed by atoms with Crippen molar-refractivity contribution in [3.8, 4) is 11.6 Å². The quantitative estimate of drug-likeness (QED) is 0.891. The minimum atomic E-state index is 0.406. The standard InChI is InChI=1S/C13H15N3O2/c1-9-15-12(14)7-13(16-9)18-8-10-4-3-5-11(6-10)17-2/h3-7H,8H2,1-2H3,(H2,14,15,16). The zero-order valence-electron chi connectivity index (χ0n) is 10.4. The summed E-state index contributed by atoms with van der Waals surface area (Å²) in [4.78, 5) is 8.13. The van der Waals surface area contributed by atoms with Gasteiger partial charge in [0, 0.05) is 6.07 Å². The van der Waals surface area contributed by atoms with Crippen molar-refractivity contribution in [2.24, 2.45) is 0 Å². The smallest absolute Gasteiger partial charge is 0.219 e. The first-order chi connectivity index (χ1) is 8.67. The maximum absolute atomic E-state index is 5.62. The molecule has 0 aliphatic carbocycles. The molecule has 2 aromatic rings. The largest absolute Gasteiger partial charge is 0.497 e. The molecule has 0 radical (unpaired) electrons. The summed E-state index contributed by atoms with van der Waals surface area (Å²) in [6, 6.07) is 9.28. The van der Waals surface area contributed by atoms with E-state index in [4.69, 9.17) is 15.2 Å². The van der Waals surface area contributed by atoms with E-state index in [2.05, 4.69) is 9.97 Å². The van der Waals surface area contributed by atoms with Crippen LogP contribution in [0.25, 0.3) is 0 Å². The molecule has 0 fully saturated rings. The molecule has 0 bridgehead atoms. The van der Waals surface area contributed by atoms with Gasteiger partial charge in [0.15, 0.2) is 0 Å². The molecule has 0 aliphatic rings. The lowest BCUT2D eigenvalue weighted by Gasteiger charge is -2.07. The first kappa shape index (κ1) is 12.2. The molecule has 2 N–H and O–H groups in total. The lowest BCUT2D eigenvalue weighted by Crippen LogP contribution is -2.01. The molecule has 18 heavy (non-hydrogen) atoms. The van der Waals surface area contributed by atoms with E-state index < -0.39 is 0 Å². The Balaban J connectivity index is 2.06. The Labute approximate surface area is 106 Å². The second-order valence-electron chi connectivity index (χ2n) is 3.82. The van der Waals surface area contributed by atoms with Gasteiger partial charge < -0.3 is 15.2 Å². The van der Waals surface area contributed by atoms with Crippen LogP contribution < -0.4 is 15.2 Å². The molecule has 0 unspecified atom stereocenters. The number of benzene rings is 1. The number of anilines is 1. The van der Waals surface area contributed by atoms with Gasteiger partial charge in [-0.2, -0.15) is 4.98 Å².